The number of halogens is 1. The number of anilines is 2. The first-order valence-electron chi connectivity index (χ1n) is 8.17. The Balaban J connectivity index is 1.91. The predicted octanol–water partition coefficient (Wildman–Crippen LogP) is 5.07. The van der Waals surface area contributed by atoms with Crippen LogP contribution in [0, 0.1) is 10.1 Å². The third kappa shape index (κ3) is 4.76. The van der Waals surface area contributed by atoms with Crippen molar-refractivity contribution in [3.8, 4) is 0 Å². The van der Waals surface area contributed by atoms with E-state index in [2.05, 4.69) is 10.6 Å². The Kier molecular flexibility index (Phi) is 6.20. The molecule has 2 N–H and O–H groups in total. The maximum atomic E-state index is 12.8. The van der Waals surface area contributed by atoms with Gasteiger partial charge in [0, 0.05) is 16.0 Å². The van der Waals surface area contributed by atoms with E-state index in [9.17, 15) is 19.7 Å². The lowest BCUT2D eigenvalue weighted by molar-refractivity contribution is -0.385. The number of nitro groups is 1. The van der Waals surface area contributed by atoms with Crippen LogP contribution >= 0.6 is 23.4 Å². The van der Waals surface area contributed by atoms with Crippen molar-refractivity contribution >= 4 is 52.2 Å². The largest absolute Gasteiger partial charge is 0.459 e. The first-order valence-corrected chi connectivity index (χ1v) is 9.77. The predicted molar refractivity (Wildman–Crippen MR) is 111 cm³/mol. The highest BCUT2D eigenvalue weighted by Gasteiger charge is 2.22. The number of furan rings is 1. The Morgan fingerprint density at radius 2 is 1.83 bits per heavy atom. The molecule has 0 unspecified atom stereocenters. The molecule has 1 aromatic heterocycles. The fourth-order valence-corrected chi connectivity index (χ4v) is 3.11. The number of hydrogen-bond acceptors (Lipinski definition) is 6. The van der Waals surface area contributed by atoms with Crippen LogP contribution in [0.3, 0.4) is 0 Å². The van der Waals surface area contributed by atoms with Crippen molar-refractivity contribution in [2.45, 2.75) is 4.90 Å². The van der Waals surface area contributed by atoms with E-state index in [1.54, 1.807) is 18.4 Å². The molecule has 29 heavy (non-hydrogen) atoms. The van der Waals surface area contributed by atoms with Gasteiger partial charge in [-0.05, 0) is 48.7 Å². The molecule has 0 aliphatic heterocycles. The van der Waals surface area contributed by atoms with Crippen molar-refractivity contribution in [1.82, 2.24) is 0 Å². The lowest BCUT2D eigenvalue weighted by Crippen LogP contribution is -2.17. The van der Waals surface area contributed by atoms with Crippen LogP contribution in [0.4, 0.5) is 17.1 Å². The standard InChI is InChI=1S/C19H14ClN3O5S/c1-29-12-5-7-16(23(26)27)13(10-12)18(24)21-14-6-4-11(20)9-15(14)22-19(25)17-3-2-8-28-17/h2-10H,1H3,(H,21,24)(H,22,25). The van der Waals surface area contributed by atoms with E-state index in [1.807, 2.05) is 0 Å². The van der Waals surface area contributed by atoms with Crippen LogP contribution < -0.4 is 10.6 Å². The van der Waals surface area contributed by atoms with Crippen LogP contribution in [-0.2, 0) is 0 Å². The monoisotopic (exact) mass is 431 g/mol. The van der Waals surface area contributed by atoms with Crippen molar-refractivity contribution in [3.05, 3.63) is 81.3 Å². The topological polar surface area (TPSA) is 114 Å². The Morgan fingerprint density at radius 1 is 1.07 bits per heavy atom. The molecule has 0 aliphatic rings. The maximum absolute atomic E-state index is 12.8. The number of hydrogen-bond donors (Lipinski definition) is 2. The third-order valence-electron chi connectivity index (χ3n) is 3.87. The van der Waals surface area contributed by atoms with E-state index in [-0.39, 0.29) is 28.4 Å². The highest BCUT2D eigenvalue weighted by atomic mass is 35.5. The average Bonchev–Trinajstić information content (AvgIpc) is 3.24. The summed E-state index contributed by atoms with van der Waals surface area (Å²) >= 11 is 7.36. The van der Waals surface area contributed by atoms with Gasteiger partial charge in [-0.1, -0.05) is 11.6 Å². The molecule has 2 aromatic carbocycles. The number of carbonyl (C=O) groups excluding carboxylic acids is 2. The molecular formula is C19H14ClN3O5S. The Hall–Kier alpha value is -3.30. The summed E-state index contributed by atoms with van der Waals surface area (Å²) in [5.74, 6) is -1.16. The molecule has 1 heterocycles. The summed E-state index contributed by atoms with van der Waals surface area (Å²) in [6.07, 6.45) is 3.15. The smallest absolute Gasteiger partial charge is 0.291 e. The number of nitro benzene ring substituents is 1. The average molecular weight is 432 g/mol. The number of nitrogens with one attached hydrogen (secondary N) is 2. The van der Waals surface area contributed by atoms with Gasteiger partial charge < -0.3 is 15.1 Å². The maximum Gasteiger partial charge on any atom is 0.291 e. The van der Waals surface area contributed by atoms with Crippen LogP contribution in [0.5, 0.6) is 0 Å². The van der Waals surface area contributed by atoms with E-state index in [0.29, 0.717) is 9.92 Å². The van der Waals surface area contributed by atoms with Crippen LogP contribution in [-0.4, -0.2) is 23.0 Å². The van der Waals surface area contributed by atoms with E-state index in [4.69, 9.17) is 16.0 Å². The van der Waals surface area contributed by atoms with Crippen LogP contribution in [0.2, 0.25) is 5.02 Å². The minimum absolute atomic E-state index is 0.0746. The normalized spacial score (nSPS) is 10.4. The van der Waals surface area contributed by atoms with Crippen molar-refractivity contribution in [2.75, 3.05) is 16.9 Å². The Bertz CT molecular complexity index is 1090. The van der Waals surface area contributed by atoms with Crippen molar-refractivity contribution < 1.29 is 18.9 Å². The molecule has 3 rings (SSSR count). The molecule has 148 valence electrons. The molecule has 2 amide bonds. The van der Waals surface area contributed by atoms with Gasteiger partial charge in [0.1, 0.15) is 5.56 Å². The van der Waals surface area contributed by atoms with Gasteiger partial charge in [0.05, 0.1) is 22.6 Å². The first-order chi connectivity index (χ1) is 13.9. The molecule has 0 fully saturated rings. The number of rotatable bonds is 6. The highest BCUT2D eigenvalue weighted by Crippen LogP contribution is 2.29. The van der Waals surface area contributed by atoms with Gasteiger partial charge in [0.25, 0.3) is 17.5 Å². The van der Waals surface area contributed by atoms with Crippen LogP contribution in [0.15, 0.2) is 64.1 Å². The summed E-state index contributed by atoms with van der Waals surface area (Å²) in [7, 11) is 0. The van der Waals surface area contributed by atoms with Gasteiger partial charge in [-0.3, -0.25) is 19.7 Å². The van der Waals surface area contributed by atoms with Gasteiger partial charge in [-0.25, -0.2) is 0 Å². The molecule has 0 bridgehead atoms. The fourth-order valence-electron chi connectivity index (χ4n) is 2.49. The minimum Gasteiger partial charge on any atom is -0.459 e. The number of thioether (sulfide) groups is 1. The van der Waals surface area contributed by atoms with E-state index < -0.39 is 16.7 Å². The molecule has 0 radical (unpaired) electrons. The van der Waals surface area contributed by atoms with E-state index >= 15 is 0 Å². The Morgan fingerprint density at radius 3 is 2.48 bits per heavy atom. The quantitative estimate of drug-likeness (QED) is 0.320. The second kappa shape index (κ2) is 8.80. The zero-order valence-electron chi connectivity index (χ0n) is 15.0. The van der Waals surface area contributed by atoms with Gasteiger partial charge in [0.15, 0.2) is 5.76 Å². The molecule has 0 aliphatic carbocycles. The summed E-state index contributed by atoms with van der Waals surface area (Å²) in [4.78, 5) is 36.4. The minimum atomic E-state index is -0.691. The van der Waals surface area contributed by atoms with Gasteiger partial charge >= 0.3 is 0 Å². The highest BCUT2D eigenvalue weighted by molar-refractivity contribution is 7.98. The van der Waals surface area contributed by atoms with Gasteiger partial charge in [0.2, 0.25) is 0 Å². The zero-order valence-corrected chi connectivity index (χ0v) is 16.5. The number of nitrogens with zero attached hydrogens (tertiary/aromatic N) is 1. The summed E-state index contributed by atoms with van der Waals surface area (Å²) in [6.45, 7) is 0. The molecule has 0 atom stereocenters. The molecule has 10 heteroatoms. The summed E-state index contributed by atoms with van der Waals surface area (Å²) in [6, 6.07) is 11.8. The fraction of sp³-hybridized carbons (Fsp3) is 0.0526. The lowest BCUT2D eigenvalue weighted by atomic mass is 10.1. The molecular weight excluding hydrogens is 418 g/mol. The second-order valence-corrected chi connectivity index (χ2v) is 7.03. The number of carbonyl (C=O) groups is 2. The lowest BCUT2D eigenvalue weighted by Gasteiger charge is -2.13. The molecule has 0 saturated heterocycles. The third-order valence-corrected chi connectivity index (χ3v) is 4.83. The van der Waals surface area contributed by atoms with Crippen molar-refractivity contribution in [2.24, 2.45) is 0 Å². The Labute approximate surface area is 174 Å². The number of benzene rings is 2. The summed E-state index contributed by atoms with van der Waals surface area (Å²) < 4.78 is 5.05. The second-order valence-electron chi connectivity index (χ2n) is 5.72. The van der Waals surface area contributed by atoms with Crippen LogP contribution in [0.1, 0.15) is 20.9 Å². The van der Waals surface area contributed by atoms with E-state index in [0.717, 1.165) is 0 Å². The first kappa shape index (κ1) is 20.4. The molecule has 0 saturated carbocycles. The SMILES string of the molecule is CSc1ccc([N+](=O)[O-])c(C(=O)Nc2ccc(Cl)cc2NC(=O)c2ccco2)c1. The molecule has 0 spiro atoms. The summed E-state index contributed by atoms with van der Waals surface area (Å²) in [5.41, 5.74) is 0.0228. The number of amides is 2. The molecule has 8 nitrogen and oxygen atoms in total. The molecule has 3 aromatic rings. The van der Waals surface area contributed by atoms with Gasteiger partial charge in [-0.15, -0.1) is 11.8 Å². The van der Waals surface area contributed by atoms with Crippen molar-refractivity contribution in [1.29, 1.82) is 0 Å². The van der Waals surface area contributed by atoms with Gasteiger partial charge in [-0.2, -0.15) is 0 Å². The van der Waals surface area contributed by atoms with Crippen molar-refractivity contribution in [3.63, 3.8) is 0 Å². The summed E-state index contributed by atoms with van der Waals surface area (Å²) in [5, 5.41) is 16.8. The van der Waals surface area contributed by atoms with E-state index in [1.165, 1.54) is 54.4 Å². The van der Waals surface area contributed by atoms with Crippen LogP contribution in [0.25, 0.3) is 0 Å². The zero-order chi connectivity index (χ0) is 21.0.